The molecule has 0 radical (unpaired) electrons. The average Bonchev–Trinajstić information content (AvgIpc) is 2.77. The molecular weight excluding hydrogens is 374 g/mol. The smallest absolute Gasteiger partial charge is 0.171 e. The summed E-state index contributed by atoms with van der Waals surface area (Å²) in [6, 6.07) is 29.8. The van der Waals surface area contributed by atoms with Crippen LogP contribution in [-0.2, 0) is 6.54 Å². The summed E-state index contributed by atoms with van der Waals surface area (Å²) in [5, 5.41) is 7.64. The maximum absolute atomic E-state index is 5.62. The predicted molar refractivity (Wildman–Crippen MR) is 126 cm³/mol. The molecule has 148 valence electrons. The molecule has 3 aromatic rings. The molecule has 1 heterocycles. The molecular formula is C25H27N3S. The van der Waals surface area contributed by atoms with Gasteiger partial charge in [0.2, 0.25) is 0 Å². The summed E-state index contributed by atoms with van der Waals surface area (Å²) in [4.78, 5) is 2.52. The van der Waals surface area contributed by atoms with E-state index in [4.69, 9.17) is 12.2 Å². The van der Waals surface area contributed by atoms with Gasteiger partial charge in [0.15, 0.2) is 5.11 Å². The van der Waals surface area contributed by atoms with Gasteiger partial charge in [-0.3, -0.25) is 4.90 Å². The monoisotopic (exact) mass is 401 g/mol. The minimum atomic E-state index is 0.422. The van der Waals surface area contributed by atoms with Crippen LogP contribution >= 0.6 is 12.2 Å². The Labute approximate surface area is 178 Å². The molecule has 0 aliphatic carbocycles. The highest BCUT2D eigenvalue weighted by Gasteiger charge is 2.20. The molecule has 3 nitrogen and oxygen atoms in total. The van der Waals surface area contributed by atoms with Gasteiger partial charge in [0.25, 0.3) is 0 Å². The maximum Gasteiger partial charge on any atom is 0.171 e. The average molecular weight is 402 g/mol. The van der Waals surface area contributed by atoms with Crippen molar-refractivity contribution in [3.63, 3.8) is 0 Å². The normalized spacial score (nSPS) is 15.0. The highest BCUT2D eigenvalue weighted by Crippen LogP contribution is 2.27. The Bertz CT molecular complexity index is 919. The Balaban J connectivity index is 1.30. The first-order chi connectivity index (χ1) is 14.3. The van der Waals surface area contributed by atoms with Gasteiger partial charge in [-0.2, -0.15) is 0 Å². The number of hydrogen-bond donors (Lipinski definition) is 2. The number of thiocarbonyl (C=S) groups is 1. The van der Waals surface area contributed by atoms with E-state index in [-0.39, 0.29) is 0 Å². The molecule has 0 unspecified atom stereocenters. The summed E-state index contributed by atoms with van der Waals surface area (Å²) in [5.41, 5.74) is 4.77. The highest BCUT2D eigenvalue weighted by molar-refractivity contribution is 7.80. The zero-order chi connectivity index (χ0) is 19.9. The topological polar surface area (TPSA) is 27.3 Å². The fourth-order valence-electron chi connectivity index (χ4n) is 3.88. The second-order valence-corrected chi connectivity index (χ2v) is 7.95. The molecule has 4 rings (SSSR count). The second-order valence-electron chi connectivity index (χ2n) is 7.55. The van der Waals surface area contributed by atoms with Crippen LogP contribution in [0, 0.1) is 0 Å². The Morgan fingerprint density at radius 2 is 1.45 bits per heavy atom. The predicted octanol–water partition coefficient (Wildman–Crippen LogP) is 5.30. The van der Waals surface area contributed by atoms with Gasteiger partial charge in [-0.05, 0) is 42.3 Å². The van der Waals surface area contributed by atoms with Crippen LogP contribution in [0.25, 0.3) is 11.1 Å². The minimum absolute atomic E-state index is 0.422. The number of nitrogens with one attached hydrogen (secondary N) is 2. The molecule has 0 aromatic heterocycles. The highest BCUT2D eigenvalue weighted by atomic mass is 32.1. The number of likely N-dealkylation sites (tertiary alicyclic amines) is 1. The van der Waals surface area contributed by atoms with Crippen molar-refractivity contribution in [2.45, 2.75) is 25.4 Å². The lowest BCUT2D eigenvalue weighted by Crippen LogP contribution is -2.45. The third-order valence-corrected chi connectivity index (χ3v) is 5.65. The zero-order valence-corrected chi connectivity index (χ0v) is 17.4. The first-order valence-electron chi connectivity index (χ1n) is 10.3. The van der Waals surface area contributed by atoms with Crippen LogP contribution < -0.4 is 10.6 Å². The van der Waals surface area contributed by atoms with Gasteiger partial charge in [0, 0.05) is 36.9 Å². The van der Waals surface area contributed by atoms with Crippen molar-refractivity contribution < 1.29 is 0 Å². The molecule has 2 N–H and O–H groups in total. The lowest BCUT2D eigenvalue weighted by Gasteiger charge is -2.33. The molecule has 0 saturated carbocycles. The van der Waals surface area contributed by atoms with E-state index >= 15 is 0 Å². The standard InChI is InChI=1S/C25H27N3S/c29-25(27-24-14-8-7-13-23(24)21-11-5-2-6-12-21)26-22-15-17-28(18-16-22)19-20-9-3-1-4-10-20/h1-14,22H,15-19H2,(H2,26,27,29). The number of nitrogens with zero attached hydrogens (tertiary/aromatic N) is 1. The van der Waals surface area contributed by atoms with E-state index in [9.17, 15) is 0 Å². The molecule has 1 fully saturated rings. The first-order valence-corrected chi connectivity index (χ1v) is 10.7. The van der Waals surface area contributed by atoms with Crippen LogP contribution in [0.4, 0.5) is 5.69 Å². The van der Waals surface area contributed by atoms with Gasteiger partial charge in [-0.1, -0.05) is 78.9 Å². The number of rotatable bonds is 5. The molecule has 1 aliphatic rings. The van der Waals surface area contributed by atoms with Crippen LogP contribution in [0.3, 0.4) is 0 Å². The first kappa shape index (κ1) is 19.6. The Hall–Kier alpha value is -2.69. The van der Waals surface area contributed by atoms with Crippen molar-refractivity contribution >= 4 is 23.0 Å². The van der Waals surface area contributed by atoms with E-state index in [0.717, 1.165) is 43.7 Å². The molecule has 29 heavy (non-hydrogen) atoms. The minimum Gasteiger partial charge on any atom is -0.360 e. The molecule has 4 heteroatoms. The molecule has 0 bridgehead atoms. The van der Waals surface area contributed by atoms with E-state index in [1.165, 1.54) is 11.1 Å². The fraction of sp³-hybridized carbons (Fsp3) is 0.240. The number of para-hydroxylation sites is 1. The summed E-state index contributed by atoms with van der Waals surface area (Å²) in [6.45, 7) is 3.21. The van der Waals surface area contributed by atoms with Gasteiger partial charge >= 0.3 is 0 Å². The van der Waals surface area contributed by atoms with Crippen LogP contribution in [0.5, 0.6) is 0 Å². The molecule has 0 spiro atoms. The third-order valence-electron chi connectivity index (χ3n) is 5.43. The van der Waals surface area contributed by atoms with Crippen molar-refractivity contribution in [2.75, 3.05) is 18.4 Å². The maximum atomic E-state index is 5.62. The summed E-state index contributed by atoms with van der Waals surface area (Å²) >= 11 is 5.62. The van der Waals surface area contributed by atoms with Gasteiger partial charge in [-0.25, -0.2) is 0 Å². The van der Waals surface area contributed by atoms with E-state index in [1.807, 2.05) is 12.1 Å². The van der Waals surface area contributed by atoms with Gasteiger partial charge in [0.1, 0.15) is 0 Å². The Kier molecular flexibility index (Phi) is 6.55. The van der Waals surface area contributed by atoms with Crippen molar-refractivity contribution in [3.05, 3.63) is 90.5 Å². The van der Waals surface area contributed by atoms with E-state index in [1.54, 1.807) is 0 Å². The van der Waals surface area contributed by atoms with Crippen LogP contribution in [0.15, 0.2) is 84.9 Å². The summed E-state index contributed by atoms with van der Waals surface area (Å²) in [5.74, 6) is 0. The van der Waals surface area contributed by atoms with Gasteiger partial charge < -0.3 is 10.6 Å². The van der Waals surface area contributed by atoms with Crippen LogP contribution in [0.1, 0.15) is 18.4 Å². The largest absolute Gasteiger partial charge is 0.360 e. The number of anilines is 1. The van der Waals surface area contributed by atoms with Crippen LogP contribution in [0.2, 0.25) is 0 Å². The Morgan fingerprint density at radius 3 is 2.17 bits per heavy atom. The molecule has 1 aliphatic heterocycles. The summed E-state index contributed by atoms with van der Waals surface area (Å²) < 4.78 is 0. The molecule has 1 saturated heterocycles. The van der Waals surface area contributed by atoms with Gasteiger partial charge in [-0.15, -0.1) is 0 Å². The summed E-state index contributed by atoms with van der Waals surface area (Å²) in [6.07, 6.45) is 2.21. The van der Waals surface area contributed by atoms with Crippen molar-refractivity contribution in [1.29, 1.82) is 0 Å². The van der Waals surface area contributed by atoms with Gasteiger partial charge in [0.05, 0.1) is 0 Å². The lowest BCUT2D eigenvalue weighted by atomic mass is 10.0. The number of piperidine rings is 1. The van der Waals surface area contributed by atoms with E-state index < -0.39 is 0 Å². The van der Waals surface area contributed by atoms with Crippen LogP contribution in [-0.4, -0.2) is 29.1 Å². The van der Waals surface area contributed by atoms with Crippen molar-refractivity contribution in [2.24, 2.45) is 0 Å². The molecule has 3 aromatic carbocycles. The molecule has 0 atom stereocenters. The number of hydrogen-bond acceptors (Lipinski definition) is 2. The Morgan fingerprint density at radius 1 is 0.828 bits per heavy atom. The third kappa shape index (κ3) is 5.43. The summed E-state index contributed by atoms with van der Waals surface area (Å²) in [7, 11) is 0. The second kappa shape index (κ2) is 9.68. The quantitative estimate of drug-likeness (QED) is 0.567. The molecule has 0 amide bonds. The zero-order valence-electron chi connectivity index (χ0n) is 16.6. The lowest BCUT2D eigenvalue weighted by molar-refractivity contribution is 0.199. The van der Waals surface area contributed by atoms with E-state index in [2.05, 4.69) is 88.3 Å². The van der Waals surface area contributed by atoms with Crippen molar-refractivity contribution in [1.82, 2.24) is 10.2 Å². The van der Waals surface area contributed by atoms with E-state index in [0.29, 0.717) is 11.2 Å². The van der Waals surface area contributed by atoms with Crippen molar-refractivity contribution in [3.8, 4) is 11.1 Å². The number of benzene rings is 3. The fourth-order valence-corrected chi connectivity index (χ4v) is 4.16. The SMILES string of the molecule is S=C(Nc1ccccc1-c1ccccc1)NC1CCN(Cc2ccccc2)CC1.